The lowest BCUT2D eigenvalue weighted by Gasteiger charge is -2.23. The molecule has 2 atom stereocenters. The average Bonchev–Trinajstić information content (AvgIpc) is 2.78. The molecule has 0 fully saturated rings. The molecular weight excluding hydrogens is 236 g/mol. The second kappa shape index (κ2) is 6.20. The number of hydrogen-bond donors (Lipinski definition) is 2. The van der Waals surface area contributed by atoms with Gasteiger partial charge in [0.15, 0.2) is 0 Å². The van der Waals surface area contributed by atoms with Crippen LogP contribution in [0.3, 0.4) is 0 Å². The van der Waals surface area contributed by atoms with E-state index >= 15 is 0 Å². The van der Waals surface area contributed by atoms with Crippen molar-refractivity contribution in [2.24, 2.45) is 11.7 Å². The summed E-state index contributed by atoms with van der Waals surface area (Å²) in [5.41, 5.74) is 9.61. The van der Waals surface area contributed by atoms with Gasteiger partial charge in [-0.15, -0.1) is 0 Å². The summed E-state index contributed by atoms with van der Waals surface area (Å²) < 4.78 is 0. The molecule has 1 heterocycles. The van der Waals surface area contributed by atoms with Gasteiger partial charge in [-0.2, -0.15) is 0 Å². The van der Waals surface area contributed by atoms with Crippen molar-refractivity contribution in [1.29, 1.82) is 0 Å². The molecule has 0 aromatic heterocycles. The van der Waals surface area contributed by atoms with Crippen molar-refractivity contribution in [2.45, 2.75) is 52.0 Å². The highest BCUT2D eigenvalue weighted by molar-refractivity contribution is 5.99. The van der Waals surface area contributed by atoms with E-state index in [0.29, 0.717) is 12.3 Å². The Morgan fingerprint density at radius 2 is 2.16 bits per heavy atom. The minimum Gasteiger partial charge on any atom is -0.326 e. The molecule has 2 rings (SSSR count). The Hall–Kier alpha value is -1.35. The van der Waals surface area contributed by atoms with Crippen LogP contribution in [0.4, 0.5) is 5.69 Å². The van der Waals surface area contributed by atoms with E-state index in [9.17, 15) is 4.79 Å². The van der Waals surface area contributed by atoms with Gasteiger partial charge in [-0.25, -0.2) is 0 Å². The number of rotatable bonds is 6. The van der Waals surface area contributed by atoms with E-state index < -0.39 is 0 Å². The number of anilines is 1. The zero-order chi connectivity index (χ0) is 13.8. The summed E-state index contributed by atoms with van der Waals surface area (Å²) in [5, 5.41) is 2.86. The van der Waals surface area contributed by atoms with Gasteiger partial charge in [0.05, 0.1) is 6.42 Å². The Morgan fingerprint density at radius 3 is 2.84 bits per heavy atom. The zero-order valence-electron chi connectivity index (χ0n) is 11.9. The molecule has 0 spiro atoms. The van der Waals surface area contributed by atoms with Gasteiger partial charge < -0.3 is 11.1 Å². The van der Waals surface area contributed by atoms with Crippen molar-refractivity contribution in [1.82, 2.24) is 0 Å². The third-order valence-electron chi connectivity index (χ3n) is 4.10. The van der Waals surface area contributed by atoms with Crippen LogP contribution in [-0.2, 0) is 11.2 Å². The maximum atomic E-state index is 11.4. The van der Waals surface area contributed by atoms with E-state index in [1.807, 2.05) is 6.07 Å². The van der Waals surface area contributed by atoms with Crippen LogP contribution in [0.15, 0.2) is 18.2 Å². The van der Waals surface area contributed by atoms with Crippen LogP contribution in [0.25, 0.3) is 0 Å². The molecule has 0 saturated carbocycles. The lowest BCUT2D eigenvalue weighted by molar-refractivity contribution is -0.115. The molecular formula is C16H24N2O. The first-order valence-corrected chi connectivity index (χ1v) is 7.34. The normalized spacial score (nSPS) is 16.9. The Morgan fingerprint density at radius 1 is 1.37 bits per heavy atom. The van der Waals surface area contributed by atoms with Crippen molar-refractivity contribution < 1.29 is 4.79 Å². The Bertz CT molecular complexity index is 456. The van der Waals surface area contributed by atoms with Gasteiger partial charge in [-0.05, 0) is 29.5 Å². The lowest BCUT2D eigenvalue weighted by Crippen LogP contribution is -2.21. The number of amides is 1. The molecule has 1 aromatic rings. The summed E-state index contributed by atoms with van der Waals surface area (Å²) >= 11 is 0. The molecule has 0 radical (unpaired) electrons. The quantitative estimate of drug-likeness (QED) is 0.823. The minimum absolute atomic E-state index is 0.0811. The van der Waals surface area contributed by atoms with Crippen LogP contribution < -0.4 is 11.1 Å². The smallest absolute Gasteiger partial charge is 0.228 e. The Kier molecular flexibility index (Phi) is 4.59. The third-order valence-corrected chi connectivity index (χ3v) is 4.10. The van der Waals surface area contributed by atoms with Crippen LogP contribution in [-0.4, -0.2) is 5.91 Å². The van der Waals surface area contributed by atoms with E-state index in [-0.39, 0.29) is 11.9 Å². The van der Waals surface area contributed by atoms with Crippen LogP contribution in [0.2, 0.25) is 0 Å². The number of unbranched alkanes of at least 4 members (excludes halogenated alkanes) is 1. The number of carbonyl (C=O) groups excluding carboxylic acids is 1. The highest BCUT2D eigenvalue weighted by Crippen LogP contribution is 2.31. The topological polar surface area (TPSA) is 55.1 Å². The molecule has 3 N–H and O–H groups in total. The van der Waals surface area contributed by atoms with Crippen LogP contribution in [0.1, 0.15) is 56.7 Å². The molecule has 1 amide bonds. The third kappa shape index (κ3) is 3.16. The van der Waals surface area contributed by atoms with Crippen LogP contribution in [0, 0.1) is 5.92 Å². The van der Waals surface area contributed by atoms with Crippen molar-refractivity contribution in [3.8, 4) is 0 Å². The fraction of sp³-hybridized carbons (Fsp3) is 0.562. The highest BCUT2D eigenvalue weighted by atomic mass is 16.1. The summed E-state index contributed by atoms with van der Waals surface area (Å²) in [6, 6.07) is 6.23. The summed E-state index contributed by atoms with van der Waals surface area (Å²) in [6.07, 6.45) is 5.22. The fourth-order valence-corrected chi connectivity index (χ4v) is 2.83. The number of nitrogens with one attached hydrogen (secondary N) is 1. The van der Waals surface area contributed by atoms with Gasteiger partial charge in [-0.1, -0.05) is 45.2 Å². The number of benzene rings is 1. The molecule has 2 unspecified atom stereocenters. The lowest BCUT2D eigenvalue weighted by atomic mass is 9.87. The second-order valence-corrected chi connectivity index (χ2v) is 5.48. The molecule has 3 heteroatoms. The molecule has 0 aliphatic carbocycles. The first-order valence-electron chi connectivity index (χ1n) is 7.34. The standard InChI is InChI=1S/C16H24N2O/c1-3-5-6-11(4-2)16(17)12-7-8-14-13(9-12)10-15(19)18-14/h7-9,11,16H,3-6,10,17H2,1-2H3,(H,18,19). The summed E-state index contributed by atoms with van der Waals surface area (Å²) in [5.74, 6) is 0.613. The largest absolute Gasteiger partial charge is 0.326 e. The number of fused-ring (bicyclic) bond motifs is 1. The monoisotopic (exact) mass is 260 g/mol. The van der Waals surface area contributed by atoms with Crippen molar-refractivity contribution in [2.75, 3.05) is 5.32 Å². The summed E-state index contributed by atoms with van der Waals surface area (Å²) in [4.78, 5) is 11.4. The van der Waals surface area contributed by atoms with Crippen LogP contribution >= 0.6 is 0 Å². The minimum atomic E-state index is 0.0811. The first kappa shape index (κ1) is 14.1. The Balaban J connectivity index is 2.12. The van der Waals surface area contributed by atoms with E-state index in [1.165, 1.54) is 24.8 Å². The molecule has 0 bridgehead atoms. The van der Waals surface area contributed by atoms with Gasteiger partial charge in [0.25, 0.3) is 0 Å². The fourth-order valence-electron chi connectivity index (χ4n) is 2.83. The maximum absolute atomic E-state index is 11.4. The molecule has 3 nitrogen and oxygen atoms in total. The van der Waals surface area contributed by atoms with Crippen LogP contribution in [0.5, 0.6) is 0 Å². The van der Waals surface area contributed by atoms with Crippen molar-refractivity contribution >= 4 is 11.6 Å². The first-order chi connectivity index (χ1) is 9.15. The SMILES string of the molecule is CCCCC(CC)C(N)c1ccc2c(c1)CC(=O)N2. The van der Waals surface area contributed by atoms with Gasteiger partial charge >= 0.3 is 0 Å². The van der Waals surface area contributed by atoms with Gasteiger partial charge in [0.2, 0.25) is 5.91 Å². The summed E-state index contributed by atoms with van der Waals surface area (Å²) in [6.45, 7) is 4.42. The van der Waals surface area contributed by atoms with Crippen molar-refractivity contribution in [3.63, 3.8) is 0 Å². The van der Waals surface area contributed by atoms with Gasteiger partial charge in [-0.3, -0.25) is 4.79 Å². The molecule has 104 valence electrons. The maximum Gasteiger partial charge on any atom is 0.228 e. The van der Waals surface area contributed by atoms with Gasteiger partial charge in [0, 0.05) is 11.7 Å². The zero-order valence-corrected chi connectivity index (χ0v) is 11.9. The number of carbonyl (C=O) groups is 1. The summed E-state index contributed by atoms with van der Waals surface area (Å²) in [7, 11) is 0. The number of hydrogen-bond acceptors (Lipinski definition) is 2. The van der Waals surface area contributed by atoms with Gasteiger partial charge in [0.1, 0.15) is 0 Å². The van der Waals surface area contributed by atoms with E-state index in [0.717, 1.165) is 17.7 Å². The van der Waals surface area contributed by atoms with E-state index in [1.54, 1.807) is 0 Å². The average molecular weight is 260 g/mol. The second-order valence-electron chi connectivity index (χ2n) is 5.48. The molecule has 1 aliphatic heterocycles. The van der Waals surface area contributed by atoms with Crippen molar-refractivity contribution in [3.05, 3.63) is 29.3 Å². The highest BCUT2D eigenvalue weighted by Gasteiger charge is 2.22. The predicted molar refractivity (Wildman–Crippen MR) is 79.0 cm³/mol. The predicted octanol–water partition coefficient (Wildman–Crippen LogP) is 3.40. The van der Waals surface area contributed by atoms with E-state index in [2.05, 4.69) is 31.3 Å². The molecule has 0 saturated heterocycles. The molecule has 19 heavy (non-hydrogen) atoms. The molecule has 1 aliphatic rings. The Labute approximate surface area is 115 Å². The number of nitrogens with two attached hydrogens (primary N) is 1. The van der Waals surface area contributed by atoms with E-state index in [4.69, 9.17) is 5.73 Å². The molecule has 1 aromatic carbocycles.